The quantitative estimate of drug-likeness (QED) is 0.115. The van der Waals surface area contributed by atoms with Crippen LogP contribution in [-0.4, -0.2) is 17.5 Å². The first-order valence-corrected chi connectivity index (χ1v) is 25.4. The summed E-state index contributed by atoms with van der Waals surface area (Å²) in [5.41, 5.74) is 20.9. The largest absolute Gasteiger partial charge is 0.173 e. The van der Waals surface area contributed by atoms with Crippen LogP contribution >= 0.6 is 46.1 Å². The lowest BCUT2D eigenvalue weighted by molar-refractivity contribution is 0.400. The van der Waals surface area contributed by atoms with E-state index in [2.05, 4.69) is 160 Å². The van der Waals surface area contributed by atoms with Crippen molar-refractivity contribution in [3.63, 3.8) is 0 Å². The Kier molecular flexibility index (Phi) is 14.7. The van der Waals surface area contributed by atoms with Gasteiger partial charge in [-0.2, -0.15) is 17.5 Å². The fraction of sp³-hybridized carbons (Fsp3) is 0.396. The minimum absolute atomic E-state index is 0.240. The van der Waals surface area contributed by atoms with Crippen molar-refractivity contribution in [2.45, 2.75) is 139 Å². The van der Waals surface area contributed by atoms with Gasteiger partial charge in [-0.3, -0.25) is 0 Å². The zero-order chi connectivity index (χ0) is 43.3. The maximum absolute atomic E-state index is 4.59. The van der Waals surface area contributed by atoms with Gasteiger partial charge in [0.1, 0.15) is 22.1 Å². The van der Waals surface area contributed by atoms with Crippen molar-refractivity contribution in [2.75, 3.05) is 0 Å². The van der Waals surface area contributed by atoms with E-state index >= 15 is 0 Å². The molecule has 0 amide bonds. The lowest BCUT2D eigenvalue weighted by atomic mass is 9.70. The second-order valence-corrected chi connectivity index (χ2v) is 20.9. The van der Waals surface area contributed by atoms with Gasteiger partial charge in [-0.1, -0.05) is 137 Å². The van der Waals surface area contributed by atoms with Gasteiger partial charge in [-0.15, -0.1) is 22.7 Å². The average molecular weight is 883 g/mol. The first kappa shape index (κ1) is 45.0. The summed E-state index contributed by atoms with van der Waals surface area (Å²) < 4.78 is 17.6. The van der Waals surface area contributed by atoms with E-state index in [4.69, 9.17) is 0 Å². The third-order valence-corrected chi connectivity index (χ3v) is 16.1. The molecule has 1 aliphatic carbocycles. The standard InChI is InChI=1S/C27H38.C18H16N2S3.C8H8N2S/c1-5-7-9-11-17-27(18-12-10-8-6-2)25-19-21(3)13-15-23(25)24-16-14-22(4)20-26(24)27;1-9-7-15(21-11(9)3)13-5-6-14(18-17(13)19-23-20-18)16-8-10(2)12(4)22-16;1-5-3-4-6(2)8-7(5)9-11-10-8/h13-16,19-20H,5-12,17-18H2,1-4H3;5-8H,1-4H3;3-4H,1-2H3. The fourth-order valence-corrected chi connectivity index (χ4v) is 12.2. The van der Waals surface area contributed by atoms with Crippen LogP contribution in [0.5, 0.6) is 0 Å². The van der Waals surface area contributed by atoms with Gasteiger partial charge in [0.2, 0.25) is 0 Å². The molecule has 8 heteroatoms. The van der Waals surface area contributed by atoms with Crippen molar-refractivity contribution in [1.82, 2.24) is 17.5 Å². The highest BCUT2D eigenvalue weighted by atomic mass is 32.1. The minimum Gasteiger partial charge on any atom is -0.173 e. The lowest BCUT2D eigenvalue weighted by Crippen LogP contribution is -2.25. The van der Waals surface area contributed by atoms with Gasteiger partial charge in [0.05, 0.1) is 23.5 Å². The third-order valence-electron chi connectivity index (χ3n) is 12.7. The van der Waals surface area contributed by atoms with Crippen LogP contribution in [0.25, 0.3) is 54.1 Å². The van der Waals surface area contributed by atoms with E-state index in [0.717, 1.165) is 22.1 Å². The lowest BCUT2D eigenvalue weighted by Gasteiger charge is -2.33. The van der Waals surface area contributed by atoms with Gasteiger partial charge >= 0.3 is 0 Å². The Balaban J connectivity index is 0.000000149. The molecule has 0 aliphatic heterocycles. The average Bonchev–Trinajstić information content (AvgIpc) is 4.10. The highest BCUT2D eigenvalue weighted by Crippen LogP contribution is 2.54. The summed E-state index contributed by atoms with van der Waals surface area (Å²) in [5.74, 6) is 0. The van der Waals surface area contributed by atoms with E-state index in [1.54, 1.807) is 11.1 Å². The molecular formula is C53H62N4S4. The molecule has 0 radical (unpaired) electrons. The fourth-order valence-electron chi connectivity index (χ4n) is 8.88. The molecule has 9 rings (SSSR count). The van der Waals surface area contributed by atoms with Gasteiger partial charge in [-0.05, 0) is 125 Å². The van der Waals surface area contributed by atoms with Crippen LogP contribution in [0.3, 0.4) is 0 Å². The molecule has 318 valence electrons. The van der Waals surface area contributed by atoms with E-state index < -0.39 is 0 Å². The summed E-state index contributed by atoms with van der Waals surface area (Å²) in [6, 6.07) is 27.5. The Hall–Kier alpha value is -4.08. The molecule has 4 aromatic carbocycles. The second kappa shape index (κ2) is 20.0. The molecule has 4 aromatic heterocycles. The molecule has 0 saturated heterocycles. The Bertz CT molecular complexity index is 2520. The number of fused-ring (bicyclic) bond motifs is 5. The number of unbranched alkanes of at least 4 members (excludes halogenated alkanes) is 6. The number of aryl methyl sites for hydroxylation is 8. The molecule has 0 unspecified atom stereocenters. The molecule has 0 spiro atoms. The second-order valence-electron chi connectivity index (χ2n) is 17.3. The molecule has 61 heavy (non-hydrogen) atoms. The normalized spacial score (nSPS) is 12.6. The molecule has 4 nitrogen and oxygen atoms in total. The summed E-state index contributed by atoms with van der Waals surface area (Å²) in [6.07, 6.45) is 13.4. The Morgan fingerprint density at radius 3 is 1.18 bits per heavy atom. The monoisotopic (exact) mass is 882 g/mol. The molecule has 0 fully saturated rings. The van der Waals surface area contributed by atoms with Gasteiger partial charge in [0, 0.05) is 36.1 Å². The molecule has 1 aliphatic rings. The molecule has 0 atom stereocenters. The number of aromatic nitrogens is 4. The van der Waals surface area contributed by atoms with Gasteiger partial charge in [-0.25, -0.2) is 0 Å². The number of thiophene rings is 2. The van der Waals surface area contributed by atoms with Crippen molar-refractivity contribution in [3.8, 4) is 32.0 Å². The summed E-state index contributed by atoms with van der Waals surface area (Å²) in [6.45, 7) is 21.9. The van der Waals surface area contributed by atoms with E-state index in [-0.39, 0.29) is 5.41 Å². The first-order valence-electron chi connectivity index (χ1n) is 22.3. The highest BCUT2D eigenvalue weighted by Gasteiger charge is 2.42. The Labute approximate surface area is 381 Å². The maximum atomic E-state index is 4.59. The third kappa shape index (κ3) is 9.63. The van der Waals surface area contributed by atoms with Gasteiger partial charge in [0.15, 0.2) is 0 Å². The zero-order valence-electron chi connectivity index (χ0n) is 37.9. The Morgan fingerprint density at radius 1 is 0.410 bits per heavy atom. The minimum atomic E-state index is 0.240. The predicted octanol–water partition coefficient (Wildman–Crippen LogP) is 17.2. The van der Waals surface area contributed by atoms with Crippen molar-refractivity contribution >= 4 is 68.2 Å². The predicted molar refractivity (Wildman–Crippen MR) is 270 cm³/mol. The van der Waals surface area contributed by atoms with Gasteiger partial charge in [0.25, 0.3) is 0 Å². The van der Waals surface area contributed by atoms with Crippen LogP contribution in [0.4, 0.5) is 0 Å². The Morgan fingerprint density at radius 2 is 0.803 bits per heavy atom. The summed E-state index contributed by atoms with van der Waals surface area (Å²) in [7, 11) is 0. The molecule has 0 N–H and O–H groups in total. The SMILES string of the molecule is CCCCCCC1(CCCCCC)c2cc(C)ccc2-c2ccc(C)cc21.Cc1cc(-c2ccc(-c3cc(C)c(C)s3)c3nsnc23)sc1C.Cc1ccc(C)c2nsnc12. The van der Waals surface area contributed by atoms with Crippen LogP contribution in [0.2, 0.25) is 0 Å². The van der Waals surface area contributed by atoms with Crippen molar-refractivity contribution in [1.29, 1.82) is 0 Å². The van der Waals surface area contributed by atoms with E-state index in [1.807, 2.05) is 22.7 Å². The topological polar surface area (TPSA) is 51.6 Å². The van der Waals surface area contributed by atoms with Crippen molar-refractivity contribution in [3.05, 3.63) is 127 Å². The number of benzene rings is 4. The van der Waals surface area contributed by atoms with Crippen LogP contribution in [0, 0.1) is 55.4 Å². The van der Waals surface area contributed by atoms with Crippen molar-refractivity contribution < 1.29 is 0 Å². The van der Waals surface area contributed by atoms with Gasteiger partial charge < -0.3 is 0 Å². The highest BCUT2D eigenvalue weighted by molar-refractivity contribution is 7.16. The van der Waals surface area contributed by atoms with Crippen LogP contribution < -0.4 is 0 Å². The van der Waals surface area contributed by atoms with E-state index in [1.165, 1.54) is 163 Å². The van der Waals surface area contributed by atoms with E-state index in [0.29, 0.717) is 0 Å². The van der Waals surface area contributed by atoms with Crippen LogP contribution in [0.15, 0.2) is 72.8 Å². The van der Waals surface area contributed by atoms with Crippen molar-refractivity contribution in [2.24, 2.45) is 0 Å². The maximum Gasteiger partial charge on any atom is 0.114 e. The summed E-state index contributed by atoms with van der Waals surface area (Å²) >= 11 is 6.25. The van der Waals surface area contributed by atoms with Crippen LogP contribution in [0.1, 0.15) is 132 Å². The molecular weight excluding hydrogens is 821 g/mol. The van der Waals surface area contributed by atoms with E-state index in [9.17, 15) is 0 Å². The molecule has 0 bridgehead atoms. The number of nitrogens with zero attached hydrogens (tertiary/aromatic N) is 4. The first-order chi connectivity index (χ1) is 29.4. The molecule has 8 aromatic rings. The van der Waals surface area contributed by atoms with Crippen LogP contribution in [-0.2, 0) is 5.41 Å². The smallest absolute Gasteiger partial charge is 0.114 e. The summed E-state index contributed by atoms with van der Waals surface area (Å²) in [4.78, 5) is 5.29. The molecule has 0 saturated carbocycles. The number of hydrogen-bond donors (Lipinski definition) is 0. The summed E-state index contributed by atoms with van der Waals surface area (Å²) in [5, 5.41) is 0. The molecule has 4 heterocycles. The number of rotatable bonds is 12. The zero-order valence-corrected chi connectivity index (χ0v) is 41.2. The number of hydrogen-bond acceptors (Lipinski definition) is 8.